The molecule has 1 aromatic heterocycles. The van der Waals surface area contributed by atoms with Gasteiger partial charge in [-0.15, -0.1) is 0 Å². The number of thioether (sulfide) groups is 1. The topological polar surface area (TPSA) is 26.0 Å². The monoisotopic (exact) mass is 225 g/mol. The Morgan fingerprint density at radius 2 is 2.29 bits per heavy atom. The van der Waals surface area contributed by atoms with Gasteiger partial charge in [0.1, 0.15) is 0 Å². The molecule has 0 unspecified atom stereocenters. The van der Waals surface area contributed by atoms with E-state index in [1.165, 1.54) is 11.8 Å². The van der Waals surface area contributed by atoms with E-state index in [9.17, 15) is 0 Å². The zero-order valence-corrected chi connectivity index (χ0v) is 9.10. The summed E-state index contributed by atoms with van der Waals surface area (Å²) in [5.41, 5.74) is 0.949. The molecule has 14 heavy (non-hydrogen) atoms. The number of hydrogen-bond acceptors (Lipinski definition) is 3. The van der Waals surface area contributed by atoms with Gasteiger partial charge in [-0.05, 0) is 18.4 Å². The van der Waals surface area contributed by atoms with E-state index < -0.39 is 0 Å². The lowest BCUT2D eigenvalue weighted by molar-refractivity contribution is 0.467. The normalized spacial score (nSPS) is 10.4. The second-order valence-corrected chi connectivity index (χ2v) is 3.90. The summed E-state index contributed by atoms with van der Waals surface area (Å²) < 4.78 is 5.47. The third kappa shape index (κ3) is 1.94. The number of benzene rings is 1. The molecule has 0 spiro atoms. The van der Waals surface area contributed by atoms with Crippen molar-refractivity contribution in [3.05, 3.63) is 35.5 Å². The van der Waals surface area contributed by atoms with Gasteiger partial charge in [0.15, 0.2) is 5.76 Å². The molecule has 0 saturated heterocycles. The van der Waals surface area contributed by atoms with Crippen LogP contribution in [0, 0.1) is 0 Å². The van der Waals surface area contributed by atoms with Crippen LogP contribution in [0.1, 0.15) is 0 Å². The Morgan fingerprint density at radius 1 is 1.43 bits per heavy atom. The third-order valence-electron chi connectivity index (χ3n) is 1.77. The first kappa shape index (κ1) is 9.62. The zero-order chi connectivity index (χ0) is 9.97. The lowest BCUT2D eigenvalue weighted by atomic mass is 10.2. The summed E-state index contributed by atoms with van der Waals surface area (Å²) >= 11 is 7.35. The van der Waals surface area contributed by atoms with Crippen molar-refractivity contribution in [2.75, 3.05) is 6.26 Å². The number of rotatable bonds is 2. The summed E-state index contributed by atoms with van der Waals surface area (Å²) in [6.07, 6.45) is 3.63. The maximum absolute atomic E-state index is 5.87. The quantitative estimate of drug-likeness (QED) is 0.729. The molecular formula is C10H8ClNOS. The van der Waals surface area contributed by atoms with E-state index in [0.717, 1.165) is 11.3 Å². The highest BCUT2D eigenvalue weighted by molar-refractivity contribution is 7.98. The van der Waals surface area contributed by atoms with Crippen LogP contribution in [0.15, 0.2) is 40.1 Å². The van der Waals surface area contributed by atoms with Crippen LogP contribution in [0.25, 0.3) is 11.3 Å². The number of aromatic nitrogens is 1. The number of hydrogen-bond donors (Lipinski definition) is 0. The van der Waals surface area contributed by atoms with Gasteiger partial charge in [0.2, 0.25) is 0 Å². The molecule has 0 radical (unpaired) electrons. The first-order valence-electron chi connectivity index (χ1n) is 4.05. The van der Waals surface area contributed by atoms with Crippen LogP contribution in [0.5, 0.6) is 0 Å². The van der Waals surface area contributed by atoms with Crippen LogP contribution in [-0.2, 0) is 0 Å². The van der Waals surface area contributed by atoms with Gasteiger partial charge in [-0.25, -0.2) is 4.98 Å². The van der Waals surface area contributed by atoms with Crippen molar-refractivity contribution >= 4 is 23.4 Å². The molecule has 0 atom stereocenters. The maximum Gasteiger partial charge on any atom is 0.255 e. The summed E-state index contributed by atoms with van der Waals surface area (Å²) in [6, 6.07) is 7.51. The van der Waals surface area contributed by atoms with Crippen molar-refractivity contribution in [3.8, 4) is 11.3 Å². The summed E-state index contributed by atoms with van der Waals surface area (Å²) in [6.45, 7) is 0. The van der Waals surface area contributed by atoms with E-state index in [0.29, 0.717) is 10.2 Å². The van der Waals surface area contributed by atoms with Gasteiger partial charge < -0.3 is 4.42 Å². The van der Waals surface area contributed by atoms with Crippen molar-refractivity contribution in [1.82, 2.24) is 4.98 Å². The molecule has 2 rings (SSSR count). The van der Waals surface area contributed by atoms with Crippen LogP contribution in [0.4, 0.5) is 0 Å². The molecule has 72 valence electrons. The summed E-state index contributed by atoms with van der Waals surface area (Å²) in [5.74, 6) is 0.747. The van der Waals surface area contributed by atoms with Crippen molar-refractivity contribution < 1.29 is 4.42 Å². The Hall–Kier alpha value is -0.930. The van der Waals surface area contributed by atoms with Crippen LogP contribution in [0.2, 0.25) is 5.02 Å². The van der Waals surface area contributed by atoms with Crippen LogP contribution in [0.3, 0.4) is 0 Å². The number of halogens is 1. The van der Waals surface area contributed by atoms with Crippen LogP contribution in [-0.4, -0.2) is 11.2 Å². The first-order valence-corrected chi connectivity index (χ1v) is 5.65. The van der Waals surface area contributed by atoms with E-state index in [1.54, 1.807) is 6.20 Å². The second kappa shape index (κ2) is 4.07. The smallest absolute Gasteiger partial charge is 0.255 e. The van der Waals surface area contributed by atoms with Gasteiger partial charge in [0, 0.05) is 10.6 Å². The van der Waals surface area contributed by atoms with Gasteiger partial charge >= 0.3 is 0 Å². The number of oxazole rings is 1. The molecular weight excluding hydrogens is 218 g/mol. The molecule has 2 nitrogen and oxygen atoms in total. The zero-order valence-electron chi connectivity index (χ0n) is 7.53. The van der Waals surface area contributed by atoms with Crippen molar-refractivity contribution in [2.45, 2.75) is 5.22 Å². The van der Waals surface area contributed by atoms with Gasteiger partial charge in [-0.2, -0.15) is 0 Å². The average molecular weight is 226 g/mol. The van der Waals surface area contributed by atoms with Crippen LogP contribution < -0.4 is 0 Å². The minimum atomic E-state index is 0.667. The Labute approximate surface area is 91.3 Å². The lowest BCUT2D eigenvalue weighted by Crippen LogP contribution is -1.72. The lowest BCUT2D eigenvalue weighted by Gasteiger charge is -1.95. The van der Waals surface area contributed by atoms with E-state index in [-0.39, 0.29) is 0 Å². The van der Waals surface area contributed by atoms with E-state index in [2.05, 4.69) is 4.98 Å². The summed E-state index contributed by atoms with van der Waals surface area (Å²) in [5, 5.41) is 1.37. The van der Waals surface area contributed by atoms with E-state index in [4.69, 9.17) is 16.0 Å². The van der Waals surface area contributed by atoms with Crippen LogP contribution >= 0.6 is 23.4 Å². The van der Waals surface area contributed by atoms with Crippen molar-refractivity contribution in [1.29, 1.82) is 0 Å². The van der Waals surface area contributed by atoms with E-state index in [1.807, 2.05) is 30.5 Å². The Kier molecular flexibility index (Phi) is 2.79. The molecule has 0 N–H and O–H groups in total. The molecule has 0 saturated carbocycles. The minimum absolute atomic E-state index is 0.667. The summed E-state index contributed by atoms with van der Waals surface area (Å²) in [7, 11) is 0. The van der Waals surface area contributed by atoms with Crippen molar-refractivity contribution in [2.24, 2.45) is 0 Å². The predicted octanol–water partition coefficient (Wildman–Crippen LogP) is 3.72. The predicted molar refractivity (Wildman–Crippen MR) is 58.7 cm³/mol. The molecule has 0 aliphatic carbocycles. The molecule has 0 fully saturated rings. The van der Waals surface area contributed by atoms with Gasteiger partial charge in [-0.3, -0.25) is 0 Å². The Bertz CT molecular complexity index is 441. The fourth-order valence-corrected chi connectivity index (χ4v) is 1.65. The molecule has 0 amide bonds. The second-order valence-electron chi connectivity index (χ2n) is 2.70. The largest absolute Gasteiger partial charge is 0.431 e. The third-order valence-corrected chi connectivity index (χ3v) is 2.54. The average Bonchev–Trinajstić information content (AvgIpc) is 2.66. The highest BCUT2D eigenvalue weighted by atomic mass is 35.5. The molecule has 2 aromatic rings. The first-order chi connectivity index (χ1) is 6.79. The molecule has 0 aliphatic rings. The van der Waals surface area contributed by atoms with Gasteiger partial charge in [0.25, 0.3) is 5.22 Å². The standard InChI is InChI=1S/C10H8ClNOS/c1-14-10-12-6-9(13-10)7-3-2-4-8(11)5-7/h2-6H,1H3. The Balaban J connectivity index is 2.39. The summed E-state index contributed by atoms with van der Waals surface area (Å²) in [4.78, 5) is 4.09. The molecule has 1 aromatic carbocycles. The highest BCUT2D eigenvalue weighted by Crippen LogP contribution is 2.25. The van der Waals surface area contributed by atoms with E-state index >= 15 is 0 Å². The molecule has 0 bridgehead atoms. The molecule has 4 heteroatoms. The molecule has 0 aliphatic heterocycles. The van der Waals surface area contributed by atoms with Gasteiger partial charge in [-0.1, -0.05) is 35.5 Å². The molecule has 1 heterocycles. The van der Waals surface area contributed by atoms with Crippen molar-refractivity contribution in [3.63, 3.8) is 0 Å². The Morgan fingerprint density at radius 3 is 2.93 bits per heavy atom. The number of nitrogens with zero attached hydrogens (tertiary/aromatic N) is 1. The fourth-order valence-electron chi connectivity index (χ4n) is 1.13. The highest BCUT2D eigenvalue weighted by Gasteiger charge is 2.05. The minimum Gasteiger partial charge on any atom is -0.431 e. The van der Waals surface area contributed by atoms with Gasteiger partial charge in [0.05, 0.1) is 6.20 Å². The fraction of sp³-hybridized carbons (Fsp3) is 0.100. The maximum atomic E-state index is 5.87. The SMILES string of the molecule is CSc1ncc(-c2cccc(Cl)c2)o1.